The molecule has 1 fully saturated rings. The summed E-state index contributed by atoms with van der Waals surface area (Å²) in [6.45, 7) is 5.39. The van der Waals surface area contributed by atoms with Gasteiger partial charge in [0.1, 0.15) is 13.2 Å². The molecule has 2 aliphatic rings. The lowest BCUT2D eigenvalue weighted by Gasteiger charge is -2.30. The lowest BCUT2D eigenvalue weighted by molar-refractivity contribution is -0.120. The molecule has 0 spiro atoms. The molecule has 162 valence electrons. The van der Waals surface area contributed by atoms with Crippen LogP contribution in [0.4, 0.5) is 5.69 Å². The predicted octanol–water partition coefficient (Wildman–Crippen LogP) is 2.27. The summed E-state index contributed by atoms with van der Waals surface area (Å²) in [5.74, 6) is 0.593. The molecule has 4 rings (SSSR count). The molecule has 1 unspecified atom stereocenters. The van der Waals surface area contributed by atoms with E-state index in [9.17, 15) is 13.2 Å². The largest absolute Gasteiger partial charge is 0.486 e. The number of amides is 1. The summed E-state index contributed by atoms with van der Waals surface area (Å²) in [6, 6.07) is 5.35. The number of aromatic nitrogens is 2. The number of rotatable bonds is 5. The molecule has 9 nitrogen and oxygen atoms in total. The Kier molecular flexibility index (Phi) is 5.70. The number of imidazole rings is 1. The van der Waals surface area contributed by atoms with E-state index < -0.39 is 15.9 Å². The molecule has 30 heavy (non-hydrogen) atoms. The molecule has 1 aromatic carbocycles. The van der Waals surface area contributed by atoms with Crippen LogP contribution in [-0.2, 0) is 14.8 Å². The number of hydrogen-bond donors (Lipinski definition) is 1. The molecule has 1 aromatic heterocycles. The van der Waals surface area contributed by atoms with Gasteiger partial charge in [-0.15, -0.1) is 0 Å². The van der Waals surface area contributed by atoms with Gasteiger partial charge in [0.2, 0.25) is 5.91 Å². The molecule has 2 aliphatic heterocycles. The average Bonchev–Trinajstić information content (AvgIpc) is 3.25. The summed E-state index contributed by atoms with van der Waals surface area (Å²) in [7, 11) is -3.74. The first kappa shape index (κ1) is 20.7. The number of anilines is 1. The minimum Gasteiger partial charge on any atom is -0.486 e. The van der Waals surface area contributed by atoms with Gasteiger partial charge < -0.3 is 19.4 Å². The highest BCUT2D eigenvalue weighted by molar-refractivity contribution is 7.89. The van der Waals surface area contributed by atoms with Crippen molar-refractivity contribution in [2.24, 2.45) is 5.92 Å². The zero-order valence-corrected chi connectivity index (χ0v) is 17.9. The van der Waals surface area contributed by atoms with Crippen LogP contribution in [0.1, 0.15) is 32.7 Å². The zero-order chi connectivity index (χ0) is 21.3. The molecule has 1 atom stereocenters. The van der Waals surface area contributed by atoms with Gasteiger partial charge in [-0.3, -0.25) is 4.79 Å². The number of benzene rings is 1. The normalized spacial score (nSPS) is 19.6. The molecular weight excluding hydrogens is 408 g/mol. The van der Waals surface area contributed by atoms with E-state index in [-0.39, 0.29) is 23.5 Å². The lowest BCUT2D eigenvalue weighted by atomic mass is 9.98. The van der Waals surface area contributed by atoms with E-state index in [2.05, 4.69) is 10.3 Å². The van der Waals surface area contributed by atoms with Gasteiger partial charge in [0, 0.05) is 37.1 Å². The Balaban J connectivity index is 1.44. The van der Waals surface area contributed by atoms with Crippen molar-refractivity contribution in [1.82, 2.24) is 13.9 Å². The number of hydrogen-bond acceptors (Lipinski definition) is 6. The summed E-state index contributed by atoms with van der Waals surface area (Å²) >= 11 is 0. The highest BCUT2D eigenvalue weighted by Gasteiger charge is 2.34. The summed E-state index contributed by atoms with van der Waals surface area (Å²) in [5.41, 5.74) is 0.597. The second kappa shape index (κ2) is 8.27. The van der Waals surface area contributed by atoms with Gasteiger partial charge in [-0.25, -0.2) is 13.4 Å². The van der Waals surface area contributed by atoms with Gasteiger partial charge in [-0.2, -0.15) is 4.31 Å². The minimum atomic E-state index is -3.74. The van der Waals surface area contributed by atoms with Crippen LogP contribution in [-0.4, -0.2) is 54.5 Å². The Labute approximate surface area is 176 Å². The summed E-state index contributed by atoms with van der Waals surface area (Å²) < 4.78 is 40.1. The first-order valence-corrected chi connectivity index (χ1v) is 11.5. The number of piperidine rings is 1. The first-order chi connectivity index (χ1) is 14.3. The van der Waals surface area contributed by atoms with Crippen LogP contribution in [0, 0.1) is 5.92 Å². The van der Waals surface area contributed by atoms with E-state index in [1.54, 1.807) is 29.0 Å². The third kappa shape index (κ3) is 4.15. The fourth-order valence-corrected chi connectivity index (χ4v) is 5.05. The van der Waals surface area contributed by atoms with Gasteiger partial charge in [-0.05, 0) is 38.8 Å². The van der Waals surface area contributed by atoms with Gasteiger partial charge in [0.05, 0.1) is 12.2 Å². The topological polar surface area (TPSA) is 103 Å². The second-order valence-electron chi connectivity index (χ2n) is 7.80. The molecular formula is C20H26N4O5S. The fraction of sp³-hybridized carbons (Fsp3) is 0.500. The first-order valence-electron chi connectivity index (χ1n) is 10.1. The Bertz CT molecular complexity index is 1030. The van der Waals surface area contributed by atoms with E-state index in [4.69, 9.17) is 9.47 Å². The zero-order valence-electron chi connectivity index (χ0n) is 17.1. The van der Waals surface area contributed by atoms with Crippen molar-refractivity contribution in [2.45, 2.75) is 37.8 Å². The summed E-state index contributed by atoms with van der Waals surface area (Å²) in [6.07, 6.45) is 4.30. The number of ether oxygens (including phenoxy) is 2. The van der Waals surface area contributed by atoms with E-state index >= 15 is 0 Å². The van der Waals surface area contributed by atoms with Gasteiger partial charge in [-0.1, -0.05) is 0 Å². The molecule has 1 saturated heterocycles. The number of nitrogens with zero attached hydrogens (tertiary/aromatic N) is 3. The maximum absolute atomic E-state index is 13.0. The number of sulfonamides is 1. The molecule has 0 saturated carbocycles. The quantitative estimate of drug-likeness (QED) is 0.775. The van der Waals surface area contributed by atoms with Crippen molar-refractivity contribution in [3.63, 3.8) is 0 Å². The molecule has 10 heteroatoms. The van der Waals surface area contributed by atoms with E-state index in [1.165, 1.54) is 10.6 Å². The van der Waals surface area contributed by atoms with Crippen molar-refractivity contribution < 1.29 is 22.7 Å². The van der Waals surface area contributed by atoms with Crippen molar-refractivity contribution in [1.29, 1.82) is 0 Å². The molecule has 0 bridgehead atoms. The molecule has 1 amide bonds. The average molecular weight is 435 g/mol. The van der Waals surface area contributed by atoms with Crippen LogP contribution in [0.2, 0.25) is 0 Å². The van der Waals surface area contributed by atoms with Crippen molar-refractivity contribution in [3.8, 4) is 11.5 Å². The fourth-order valence-electron chi connectivity index (χ4n) is 3.61. The third-order valence-electron chi connectivity index (χ3n) is 5.34. The predicted molar refractivity (Wildman–Crippen MR) is 110 cm³/mol. The maximum atomic E-state index is 13.0. The van der Waals surface area contributed by atoms with Gasteiger partial charge >= 0.3 is 0 Å². The molecule has 0 radical (unpaired) electrons. The third-order valence-corrected chi connectivity index (χ3v) is 7.09. The Morgan fingerprint density at radius 2 is 2.00 bits per heavy atom. The Morgan fingerprint density at radius 3 is 2.73 bits per heavy atom. The van der Waals surface area contributed by atoms with Gasteiger partial charge in [0.15, 0.2) is 16.5 Å². The van der Waals surface area contributed by atoms with E-state index in [1.807, 2.05) is 13.8 Å². The number of nitrogens with one attached hydrogen (secondary N) is 1. The van der Waals surface area contributed by atoms with Crippen molar-refractivity contribution in [3.05, 3.63) is 30.7 Å². The molecule has 1 N–H and O–H groups in total. The van der Waals surface area contributed by atoms with Gasteiger partial charge in [0.25, 0.3) is 10.0 Å². The Morgan fingerprint density at radius 1 is 1.23 bits per heavy atom. The van der Waals surface area contributed by atoms with Crippen LogP contribution in [0.5, 0.6) is 11.5 Å². The monoisotopic (exact) mass is 434 g/mol. The SMILES string of the molecule is CC(C)n1cnc(S(=O)(=O)N2CCCC(C(=O)Nc3ccc4c(c3)OCCO4)C2)c1. The van der Waals surface area contributed by atoms with Crippen LogP contribution >= 0.6 is 0 Å². The number of carbonyl (C=O) groups is 1. The van der Waals surface area contributed by atoms with E-state index in [0.717, 1.165) is 0 Å². The minimum absolute atomic E-state index is 0.0177. The number of carbonyl (C=O) groups excluding carboxylic acids is 1. The van der Waals surface area contributed by atoms with E-state index in [0.29, 0.717) is 49.8 Å². The second-order valence-corrected chi connectivity index (χ2v) is 9.69. The number of fused-ring (bicyclic) bond motifs is 1. The van der Waals surface area contributed by atoms with Crippen molar-refractivity contribution >= 4 is 21.6 Å². The van der Waals surface area contributed by atoms with Crippen LogP contribution in [0.25, 0.3) is 0 Å². The Hall–Kier alpha value is -2.59. The summed E-state index contributed by atoms with van der Waals surface area (Å²) in [4.78, 5) is 16.9. The van der Waals surface area contributed by atoms with Crippen LogP contribution < -0.4 is 14.8 Å². The molecule has 3 heterocycles. The van der Waals surface area contributed by atoms with Crippen LogP contribution in [0.3, 0.4) is 0 Å². The maximum Gasteiger partial charge on any atom is 0.262 e. The lowest BCUT2D eigenvalue weighted by Crippen LogP contribution is -2.43. The van der Waals surface area contributed by atoms with Crippen molar-refractivity contribution in [2.75, 3.05) is 31.6 Å². The summed E-state index contributed by atoms with van der Waals surface area (Å²) in [5, 5.41) is 2.89. The smallest absolute Gasteiger partial charge is 0.262 e. The van der Waals surface area contributed by atoms with Crippen LogP contribution in [0.15, 0.2) is 35.7 Å². The molecule has 2 aromatic rings. The molecule has 0 aliphatic carbocycles. The standard InChI is InChI=1S/C20H26N4O5S/c1-14(2)23-12-19(21-13-23)30(26,27)24-7-3-4-15(11-24)20(25)22-16-5-6-17-18(10-16)29-9-8-28-17/h5-6,10,12-15H,3-4,7-9,11H2,1-2H3,(H,22,25). The highest BCUT2D eigenvalue weighted by atomic mass is 32.2. The highest BCUT2D eigenvalue weighted by Crippen LogP contribution is 2.33.